The molecule has 3 aromatic rings. The van der Waals surface area contributed by atoms with E-state index in [-0.39, 0.29) is 12.0 Å². The molecule has 1 fully saturated rings. The van der Waals surface area contributed by atoms with Crippen molar-refractivity contribution >= 4 is 23.3 Å². The van der Waals surface area contributed by atoms with Gasteiger partial charge in [-0.05, 0) is 31.2 Å². The maximum absolute atomic E-state index is 13.0. The predicted molar refractivity (Wildman–Crippen MR) is 103 cm³/mol. The Bertz CT molecular complexity index is 891. The minimum Gasteiger partial charge on any atom is -0.375 e. The van der Waals surface area contributed by atoms with Gasteiger partial charge in [0.05, 0.1) is 24.0 Å². The molecule has 1 saturated heterocycles. The lowest BCUT2D eigenvalue weighted by atomic mass is 10.2. The van der Waals surface area contributed by atoms with Crippen LogP contribution in [0, 0.1) is 0 Å². The van der Waals surface area contributed by atoms with Gasteiger partial charge in [0.25, 0.3) is 5.91 Å². The van der Waals surface area contributed by atoms with E-state index in [4.69, 9.17) is 4.74 Å². The maximum Gasteiger partial charge on any atom is 0.255 e. The molecule has 1 unspecified atom stereocenters. The van der Waals surface area contributed by atoms with E-state index < -0.39 is 0 Å². The van der Waals surface area contributed by atoms with E-state index in [9.17, 15) is 4.79 Å². The van der Waals surface area contributed by atoms with Gasteiger partial charge in [-0.1, -0.05) is 18.2 Å². The van der Waals surface area contributed by atoms with Gasteiger partial charge >= 0.3 is 0 Å². The van der Waals surface area contributed by atoms with Gasteiger partial charge in [-0.25, -0.2) is 4.98 Å². The zero-order chi connectivity index (χ0) is 17.9. The number of hydrogen-bond donors (Lipinski definition) is 0. The number of carbonyl (C=O) groups is 1. The number of imidazole rings is 1. The summed E-state index contributed by atoms with van der Waals surface area (Å²) in [4.78, 5) is 20.5. The maximum atomic E-state index is 13.0. The number of pyridine rings is 1. The summed E-state index contributed by atoms with van der Waals surface area (Å²) in [5.41, 5.74) is 2.70. The van der Waals surface area contributed by atoms with Crippen LogP contribution in [0.5, 0.6) is 0 Å². The summed E-state index contributed by atoms with van der Waals surface area (Å²) in [6, 6.07) is 13.8. The molecule has 1 aromatic carbocycles. The molecular formula is C20H21N3O2S. The molecule has 1 amide bonds. The fourth-order valence-electron chi connectivity index (χ4n) is 3.15. The largest absolute Gasteiger partial charge is 0.375 e. The number of amides is 1. The highest BCUT2D eigenvalue weighted by Crippen LogP contribution is 2.27. The number of rotatable bonds is 4. The second-order valence-electron chi connectivity index (χ2n) is 6.42. The van der Waals surface area contributed by atoms with Crippen LogP contribution in [0.15, 0.2) is 59.8 Å². The summed E-state index contributed by atoms with van der Waals surface area (Å²) in [6.45, 7) is 3.89. The highest BCUT2D eigenvalue weighted by molar-refractivity contribution is 7.98. The standard InChI is InChI=1S/C20H21N3O2S/c1-15-12-23(10-11-25-15)20(24)17-6-2-3-7-18(17)26-14-16-13-22-9-5-4-8-19(22)21-16/h2-9,13,15H,10-12,14H2,1H3. The number of hydrogen-bond acceptors (Lipinski definition) is 4. The van der Waals surface area contributed by atoms with Crippen molar-refractivity contribution < 1.29 is 9.53 Å². The molecule has 0 aliphatic carbocycles. The minimum atomic E-state index is 0.0817. The Hall–Kier alpha value is -2.31. The Morgan fingerprint density at radius 2 is 2.12 bits per heavy atom. The average Bonchev–Trinajstić information content (AvgIpc) is 3.09. The second-order valence-corrected chi connectivity index (χ2v) is 7.43. The molecule has 0 radical (unpaired) electrons. The summed E-state index contributed by atoms with van der Waals surface area (Å²) in [7, 11) is 0. The van der Waals surface area contributed by atoms with Crippen LogP contribution < -0.4 is 0 Å². The fraction of sp³-hybridized carbons (Fsp3) is 0.300. The third-order valence-electron chi connectivity index (χ3n) is 4.44. The van der Waals surface area contributed by atoms with E-state index in [1.54, 1.807) is 11.8 Å². The quantitative estimate of drug-likeness (QED) is 0.662. The van der Waals surface area contributed by atoms with Gasteiger partial charge < -0.3 is 14.0 Å². The van der Waals surface area contributed by atoms with Crippen molar-refractivity contribution in [3.8, 4) is 0 Å². The third kappa shape index (κ3) is 3.61. The monoisotopic (exact) mass is 367 g/mol. The number of aromatic nitrogens is 2. The van der Waals surface area contributed by atoms with E-state index in [1.165, 1.54) is 0 Å². The first kappa shape index (κ1) is 17.1. The van der Waals surface area contributed by atoms with Gasteiger partial charge in [-0.2, -0.15) is 0 Å². The summed E-state index contributed by atoms with van der Waals surface area (Å²) < 4.78 is 7.56. The molecule has 1 aliphatic rings. The summed E-state index contributed by atoms with van der Waals surface area (Å²) in [5.74, 6) is 0.809. The summed E-state index contributed by atoms with van der Waals surface area (Å²) >= 11 is 1.65. The number of thioether (sulfide) groups is 1. The molecule has 0 N–H and O–H groups in total. The zero-order valence-electron chi connectivity index (χ0n) is 14.7. The lowest BCUT2D eigenvalue weighted by Gasteiger charge is -2.31. The highest BCUT2D eigenvalue weighted by Gasteiger charge is 2.24. The van der Waals surface area contributed by atoms with E-state index in [0.29, 0.717) is 19.7 Å². The molecular weight excluding hydrogens is 346 g/mol. The van der Waals surface area contributed by atoms with E-state index >= 15 is 0 Å². The number of fused-ring (bicyclic) bond motifs is 1. The molecule has 5 nitrogen and oxygen atoms in total. The first-order valence-corrected chi connectivity index (χ1v) is 9.74. The highest BCUT2D eigenvalue weighted by atomic mass is 32.2. The predicted octanol–water partition coefficient (Wildman–Crippen LogP) is 3.49. The number of morpholine rings is 1. The van der Waals surface area contributed by atoms with Crippen molar-refractivity contribution in [1.82, 2.24) is 14.3 Å². The van der Waals surface area contributed by atoms with Crippen molar-refractivity contribution in [2.45, 2.75) is 23.7 Å². The first-order valence-electron chi connectivity index (χ1n) is 8.76. The van der Waals surface area contributed by atoms with Crippen LogP contribution in [0.1, 0.15) is 23.0 Å². The molecule has 0 spiro atoms. The number of carbonyl (C=O) groups excluding carboxylic acids is 1. The van der Waals surface area contributed by atoms with E-state index in [0.717, 1.165) is 27.6 Å². The van der Waals surface area contributed by atoms with Crippen molar-refractivity contribution in [3.05, 3.63) is 66.1 Å². The zero-order valence-corrected chi connectivity index (χ0v) is 15.5. The first-order chi connectivity index (χ1) is 12.7. The van der Waals surface area contributed by atoms with Crippen LogP contribution in [0.3, 0.4) is 0 Å². The summed E-state index contributed by atoms with van der Waals surface area (Å²) in [6.07, 6.45) is 4.12. The molecule has 26 heavy (non-hydrogen) atoms. The topological polar surface area (TPSA) is 46.8 Å². The minimum absolute atomic E-state index is 0.0817. The molecule has 4 rings (SSSR count). The van der Waals surface area contributed by atoms with Crippen LogP contribution in [-0.4, -0.2) is 46.0 Å². The van der Waals surface area contributed by atoms with E-state index in [2.05, 4.69) is 4.98 Å². The fourth-order valence-corrected chi connectivity index (χ4v) is 4.08. The molecule has 1 atom stereocenters. The van der Waals surface area contributed by atoms with Crippen molar-refractivity contribution in [2.24, 2.45) is 0 Å². The van der Waals surface area contributed by atoms with Gasteiger partial charge in [0.2, 0.25) is 0 Å². The third-order valence-corrected chi connectivity index (χ3v) is 5.54. The molecule has 1 aliphatic heterocycles. The van der Waals surface area contributed by atoms with Crippen molar-refractivity contribution in [2.75, 3.05) is 19.7 Å². The number of nitrogens with zero attached hydrogens (tertiary/aromatic N) is 3. The van der Waals surface area contributed by atoms with Gasteiger partial charge in [-0.3, -0.25) is 4.79 Å². The Balaban J connectivity index is 1.51. The Morgan fingerprint density at radius 3 is 2.96 bits per heavy atom. The number of benzene rings is 1. The molecule has 2 aromatic heterocycles. The Kier molecular flexibility index (Phi) is 4.95. The van der Waals surface area contributed by atoms with Crippen molar-refractivity contribution in [1.29, 1.82) is 0 Å². The molecule has 3 heterocycles. The van der Waals surface area contributed by atoms with Gasteiger partial charge in [0.15, 0.2) is 0 Å². The average molecular weight is 367 g/mol. The molecule has 134 valence electrons. The second kappa shape index (κ2) is 7.51. The molecule has 0 saturated carbocycles. The Morgan fingerprint density at radius 1 is 1.27 bits per heavy atom. The summed E-state index contributed by atoms with van der Waals surface area (Å²) in [5, 5.41) is 0. The van der Waals surface area contributed by atoms with Gasteiger partial charge in [0.1, 0.15) is 5.65 Å². The molecule has 6 heteroatoms. The van der Waals surface area contributed by atoms with Crippen LogP contribution in [0.2, 0.25) is 0 Å². The smallest absolute Gasteiger partial charge is 0.255 e. The van der Waals surface area contributed by atoms with Gasteiger partial charge in [0, 0.05) is 36.1 Å². The normalized spacial score (nSPS) is 17.6. The lowest BCUT2D eigenvalue weighted by Crippen LogP contribution is -2.44. The van der Waals surface area contributed by atoms with Crippen LogP contribution in [0.4, 0.5) is 0 Å². The van der Waals surface area contributed by atoms with Crippen molar-refractivity contribution in [3.63, 3.8) is 0 Å². The Labute approximate surface area is 157 Å². The van der Waals surface area contributed by atoms with Gasteiger partial charge in [-0.15, -0.1) is 11.8 Å². The number of ether oxygens (including phenoxy) is 1. The van der Waals surface area contributed by atoms with Crippen LogP contribution in [0.25, 0.3) is 5.65 Å². The van der Waals surface area contributed by atoms with E-state index in [1.807, 2.05) is 71.1 Å². The SMILES string of the molecule is CC1CN(C(=O)c2ccccc2SCc2cn3ccccc3n2)CCO1. The van der Waals surface area contributed by atoms with Crippen LogP contribution in [-0.2, 0) is 10.5 Å². The van der Waals surface area contributed by atoms with Crippen LogP contribution >= 0.6 is 11.8 Å². The molecule has 0 bridgehead atoms. The lowest BCUT2D eigenvalue weighted by molar-refractivity contribution is -0.0125.